The Morgan fingerprint density at radius 2 is 1.24 bits per heavy atom. The van der Waals surface area contributed by atoms with E-state index in [4.69, 9.17) is 28.9 Å². The third-order valence-electron chi connectivity index (χ3n) is 6.74. The molecule has 4 aromatic rings. The molecule has 1 fully saturated rings. The fraction of sp³-hybridized carbons (Fsp3) is 0.312. The molecule has 0 amide bonds. The molecule has 0 radical (unpaired) electrons. The second kappa shape index (κ2) is 12.8. The van der Waals surface area contributed by atoms with Gasteiger partial charge in [0.2, 0.25) is 5.88 Å². The Kier molecular flexibility index (Phi) is 8.76. The van der Waals surface area contributed by atoms with Gasteiger partial charge >= 0.3 is 0 Å². The average molecular weight is 511 g/mol. The van der Waals surface area contributed by atoms with E-state index in [1.165, 1.54) is 0 Å². The quantitative estimate of drug-likeness (QED) is 0.233. The Hall–Kier alpha value is -3.58. The van der Waals surface area contributed by atoms with Crippen LogP contribution < -0.4 is 4.74 Å². The zero-order chi connectivity index (χ0) is 26.2. The number of nitrogens with zero attached hydrogens (tertiary/aromatic N) is 2. The Balaban J connectivity index is 1.35. The molecule has 0 aliphatic carbocycles. The van der Waals surface area contributed by atoms with Crippen LogP contribution in [0.4, 0.5) is 0 Å². The SMILES string of the molecule is CC[C@H]1O[C@@H](c2ncc(OCc3ccccc3)nc2C)[C@@H](OCc2ccccc2)C1OCc1ccccc1. The second-order valence-electron chi connectivity index (χ2n) is 9.48. The first-order chi connectivity index (χ1) is 18.7. The highest BCUT2D eigenvalue weighted by atomic mass is 16.6. The summed E-state index contributed by atoms with van der Waals surface area (Å²) < 4.78 is 25.5. The van der Waals surface area contributed by atoms with Crippen LogP contribution in [0.15, 0.2) is 97.2 Å². The molecule has 0 bridgehead atoms. The summed E-state index contributed by atoms with van der Waals surface area (Å²) in [7, 11) is 0. The van der Waals surface area contributed by atoms with Gasteiger partial charge in [0, 0.05) is 0 Å². The van der Waals surface area contributed by atoms with Gasteiger partial charge < -0.3 is 18.9 Å². The monoisotopic (exact) mass is 510 g/mol. The van der Waals surface area contributed by atoms with Crippen LogP contribution in [0.25, 0.3) is 0 Å². The predicted octanol–water partition coefficient (Wildman–Crippen LogP) is 6.38. The van der Waals surface area contributed by atoms with E-state index < -0.39 is 6.10 Å². The smallest absolute Gasteiger partial charge is 0.232 e. The summed E-state index contributed by atoms with van der Waals surface area (Å²) in [6.45, 7) is 5.43. The largest absolute Gasteiger partial charge is 0.472 e. The van der Waals surface area contributed by atoms with E-state index in [-0.39, 0.29) is 18.3 Å². The minimum atomic E-state index is -0.403. The number of hydrogen-bond acceptors (Lipinski definition) is 6. The number of aromatic nitrogens is 2. The lowest BCUT2D eigenvalue weighted by molar-refractivity contribution is -0.0798. The first-order valence-electron chi connectivity index (χ1n) is 13.2. The van der Waals surface area contributed by atoms with E-state index >= 15 is 0 Å². The van der Waals surface area contributed by atoms with E-state index in [1.807, 2.05) is 73.7 Å². The molecule has 1 saturated heterocycles. The molecule has 1 aliphatic rings. The van der Waals surface area contributed by atoms with E-state index in [2.05, 4.69) is 31.2 Å². The lowest BCUT2D eigenvalue weighted by atomic mass is 10.0. The molecule has 4 atom stereocenters. The Bertz CT molecular complexity index is 1270. The van der Waals surface area contributed by atoms with Crippen molar-refractivity contribution >= 4 is 0 Å². The van der Waals surface area contributed by atoms with Crippen LogP contribution in [-0.2, 0) is 34.0 Å². The molecule has 38 heavy (non-hydrogen) atoms. The highest BCUT2D eigenvalue weighted by Gasteiger charge is 2.47. The van der Waals surface area contributed by atoms with Crippen molar-refractivity contribution in [1.82, 2.24) is 9.97 Å². The number of rotatable bonds is 11. The summed E-state index contributed by atoms with van der Waals surface area (Å²) in [6.07, 6.45) is 1.35. The third-order valence-corrected chi connectivity index (χ3v) is 6.74. The topological polar surface area (TPSA) is 62.7 Å². The van der Waals surface area contributed by atoms with Gasteiger partial charge in [-0.2, -0.15) is 0 Å². The molecule has 1 aromatic heterocycles. The first kappa shape index (κ1) is 26.0. The van der Waals surface area contributed by atoms with Gasteiger partial charge in [-0.15, -0.1) is 0 Å². The van der Waals surface area contributed by atoms with Crippen molar-refractivity contribution in [3.63, 3.8) is 0 Å². The van der Waals surface area contributed by atoms with Crippen molar-refractivity contribution in [2.45, 2.75) is 64.5 Å². The maximum absolute atomic E-state index is 6.56. The fourth-order valence-electron chi connectivity index (χ4n) is 4.74. The van der Waals surface area contributed by atoms with Gasteiger partial charge in [0.25, 0.3) is 0 Å². The van der Waals surface area contributed by atoms with Crippen LogP contribution in [0.3, 0.4) is 0 Å². The number of aryl methyl sites for hydroxylation is 1. The molecule has 3 aromatic carbocycles. The Labute approximate surface area is 224 Å². The van der Waals surface area contributed by atoms with Gasteiger partial charge in [-0.1, -0.05) is 97.9 Å². The molecular weight excluding hydrogens is 476 g/mol. The summed E-state index contributed by atoms with van der Waals surface area (Å²) in [4.78, 5) is 9.45. The van der Waals surface area contributed by atoms with E-state index in [0.29, 0.717) is 25.7 Å². The van der Waals surface area contributed by atoms with Crippen molar-refractivity contribution in [2.75, 3.05) is 0 Å². The van der Waals surface area contributed by atoms with Gasteiger partial charge in [-0.05, 0) is 30.0 Å². The van der Waals surface area contributed by atoms with Crippen molar-refractivity contribution in [2.24, 2.45) is 0 Å². The highest BCUT2D eigenvalue weighted by Crippen LogP contribution is 2.39. The molecule has 0 spiro atoms. The van der Waals surface area contributed by atoms with Crippen molar-refractivity contribution in [1.29, 1.82) is 0 Å². The minimum Gasteiger partial charge on any atom is -0.472 e. The zero-order valence-corrected chi connectivity index (χ0v) is 21.9. The number of ether oxygens (including phenoxy) is 4. The van der Waals surface area contributed by atoms with Crippen LogP contribution in [0.1, 0.15) is 47.5 Å². The lowest BCUT2D eigenvalue weighted by Crippen LogP contribution is -2.35. The van der Waals surface area contributed by atoms with Crippen LogP contribution in [0.2, 0.25) is 0 Å². The normalized spacial score (nSPS) is 20.9. The number of hydrogen-bond donors (Lipinski definition) is 0. The molecule has 196 valence electrons. The summed E-state index contributed by atoms with van der Waals surface area (Å²) in [5, 5.41) is 0. The summed E-state index contributed by atoms with van der Waals surface area (Å²) in [5.41, 5.74) is 4.80. The fourth-order valence-corrected chi connectivity index (χ4v) is 4.74. The van der Waals surface area contributed by atoms with Crippen molar-refractivity contribution < 1.29 is 18.9 Å². The zero-order valence-electron chi connectivity index (χ0n) is 21.9. The van der Waals surface area contributed by atoms with Crippen LogP contribution in [0.5, 0.6) is 5.88 Å². The molecule has 0 saturated carbocycles. The molecule has 2 heterocycles. The summed E-state index contributed by atoms with van der Waals surface area (Å²) in [5.74, 6) is 0.485. The van der Waals surface area contributed by atoms with Gasteiger partial charge in [0.05, 0.1) is 36.9 Å². The van der Waals surface area contributed by atoms with E-state index in [1.54, 1.807) is 6.20 Å². The molecule has 5 rings (SSSR count). The average Bonchev–Trinajstić information content (AvgIpc) is 3.32. The molecule has 1 unspecified atom stereocenters. The molecule has 6 heteroatoms. The molecule has 0 N–H and O–H groups in total. The number of benzene rings is 3. The minimum absolute atomic E-state index is 0.125. The third kappa shape index (κ3) is 6.45. The maximum Gasteiger partial charge on any atom is 0.232 e. The van der Waals surface area contributed by atoms with Gasteiger partial charge in [-0.3, -0.25) is 4.98 Å². The molecule has 1 aliphatic heterocycles. The van der Waals surface area contributed by atoms with Crippen LogP contribution >= 0.6 is 0 Å². The van der Waals surface area contributed by atoms with E-state index in [0.717, 1.165) is 34.5 Å². The van der Waals surface area contributed by atoms with Gasteiger partial charge in [0.1, 0.15) is 24.9 Å². The first-order valence-corrected chi connectivity index (χ1v) is 13.2. The Morgan fingerprint density at radius 3 is 1.76 bits per heavy atom. The Morgan fingerprint density at radius 1 is 0.711 bits per heavy atom. The van der Waals surface area contributed by atoms with E-state index in [9.17, 15) is 0 Å². The highest BCUT2D eigenvalue weighted by molar-refractivity contribution is 5.22. The standard InChI is InChI=1S/C32H34N2O4/c1-3-27-30(36-21-25-15-9-5-10-16-25)32(37-22-26-17-11-6-12-18-26)31(38-27)29-23(2)34-28(19-33-29)35-20-24-13-7-4-8-14-24/h4-19,27,30-32H,3,20-22H2,1-2H3/t27-,30?,31+,32+/m1/s1. The molecule has 6 nitrogen and oxygen atoms in total. The van der Waals surface area contributed by atoms with Crippen molar-refractivity contribution in [3.8, 4) is 5.88 Å². The second-order valence-corrected chi connectivity index (χ2v) is 9.48. The van der Waals surface area contributed by atoms with Crippen LogP contribution in [-0.4, -0.2) is 28.3 Å². The molecular formula is C32H34N2O4. The maximum atomic E-state index is 6.56. The van der Waals surface area contributed by atoms with Crippen molar-refractivity contribution in [3.05, 3.63) is 125 Å². The lowest BCUT2D eigenvalue weighted by Gasteiger charge is -2.25. The van der Waals surface area contributed by atoms with Gasteiger partial charge in [-0.25, -0.2) is 4.98 Å². The van der Waals surface area contributed by atoms with Gasteiger partial charge in [0.15, 0.2) is 0 Å². The summed E-state index contributed by atoms with van der Waals surface area (Å²) in [6, 6.07) is 30.4. The predicted molar refractivity (Wildman–Crippen MR) is 145 cm³/mol. The summed E-state index contributed by atoms with van der Waals surface area (Å²) >= 11 is 0. The van der Waals surface area contributed by atoms with Crippen LogP contribution in [0, 0.1) is 6.92 Å².